The van der Waals surface area contributed by atoms with Crippen LogP contribution < -0.4 is 4.84 Å². The maximum absolute atomic E-state index is 12.5. The molecule has 0 atom stereocenters. The number of hydrogen-bond acceptors (Lipinski definition) is 2. The standard InChI is InChI=1S/C31H46N2O2/c1-3-5-7-9-11-13-15-19-26-28(25-34)31(35-33-24-18-22-30(26)33)27(29-21-17-23-32-29)20-16-14-12-10-8-6-4-2/h17-18,21-25,32H,3-16,19-20H2,1-2H3/b31-27+. The smallest absolute Gasteiger partial charge is 0.171 e. The second-order valence-electron chi connectivity index (χ2n) is 9.95. The molecule has 0 bridgehead atoms. The second-order valence-corrected chi connectivity index (χ2v) is 9.95. The molecule has 1 N–H and O–H groups in total. The topological polar surface area (TPSA) is 47.0 Å². The van der Waals surface area contributed by atoms with Gasteiger partial charge in [-0.1, -0.05) is 90.9 Å². The van der Waals surface area contributed by atoms with Gasteiger partial charge in [0.15, 0.2) is 12.0 Å². The summed E-state index contributed by atoms with van der Waals surface area (Å²) in [5.74, 6) is 0.732. The molecule has 0 radical (unpaired) electrons. The van der Waals surface area contributed by atoms with Crippen molar-refractivity contribution in [1.82, 2.24) is 9.71 Å². The molecule has 4 heteroatoms. The number of nitrogens with one attached hydrogen (secondary N) is 1. The van der Waals surface area contributed by atoms with Crippen LogP contribution in [0.3, 0.4) is 0 Å². The number of H-pyrrole nitrogens is 1. The third-order valence-corrected chi connectivity index (χ3v) is 7.16. The predicted octanol–water partition coefficient (Wildman–Crippen LogP) is 8.90. The Hall–Kier alpha value is -2.49. The lowest BCUT2D eigenvalue weighted by Gasteiger charge is -2.25. The normalized spacial score (nSPS) is 14.7. The van der Waals surface area contributed by atoms with E-state index >= 15 is 0 Å². The SMILES string of the molecule is CCCCCCCCCC1=C(C=O)/C(=C(/CCCCCCCCC)c2ccc[nH]2)On2cccc21. The zero-order valence-electron chi connectivity index (χ0n) is 22.1. The number of nitrogens with zero attached hydrogens (tertiary/aromatic N) is 1. The third-order valence-electron chi connectivity index (χ3n) is 7.16. The minimum atomic E-state index is 0.731. The monoisotopic (exact) mass is 478 g/mol. The highest BCUT2D eigenvalue weighted by Crippen LogP contribution is 2.36. The molecule has 192 valence electrons. The van der Waals surface area contributed by atoms with Crippen molar-refractivity contribution in [2.24, 2.45) is 0 Å². The molecule has 0 aliphatic carbocycles. The largest absolute Gasteiger partial charge is 0.374 e. The molecule has 4 nitrogen and oxygen atoms in total. The first kappa shape index (κ1) is 27.1. The molecule has 1 aliphatic rings. The Morgan fingerprint density at radius 3 is 2.14 bits per heavy atom. The lowest BCUT2D eigenvalue weighted by Crippen LogP contribution is -2.22. The molecule has 0 aromatic carbocycles. The van der Waals surface area contributed by atoms with Crippen molar-refractivity contribution in [3.63, 3.8) is 0 Å². The molecule has 2 aromatic heterocycles. The van der Waals surface area contributed by atoms with Crippen LogP contribution in [-0.2, 0) is 4.79 Å². The summed E-state index contributed by atoms with van der Waals surface area (Å²) < 4.78 is 1.85. The van der Waals surface area contributed by atoms with Gasteiger partial charge in [-0.05, 0) is 55.5 Å². The van der Waals surface area contributed by atoms with E-state index in [4.69, 9.17) is 4.84 Å². The summed E-state index contributed by atoms with van der Waals surface area (Å²) in [7, 11) is 0. The number of hydrogen-bond donors (Lipinski definition) is 1. The van der Waals surface area contributed by atoms with Crippen LogP contribution in [0.2, 0.25) is 0 Å². The molecule has 0 fully saturated rings. The van der Waals surface area contributed by atoms with Gasteiger partial charge in [0, 0.05) is 23.7 Å². The molecule has 1 aliphatic heterocycles. The van der Waals surface area contributed by atoms with Gasteiger partial charge in [0.1, 0.15) is 0 Å². The third kappa shape index (κ3) is 8.02. The molecule has 0 unspecified atom stereocenters. The summed E-state index contributed by atoms with van der Waals surface area (Å²) in [6.07, 6.45) is 24.4. The molecule has 0 amide bonds. The van der Waals surface area contributed by atoms with E-state index in [1.807, 2.05) is 29.3 Å². The molecular weight excluding hydrogens is 432 g/mol. The van der Waals surface area contributed by atoms with Crippen molar-refractivity contribution in [1.29, 1.82) is 0 Å². The zero-order valence-corrected chi connectivity index (χ0v) is 22.1. The highest BCUT2D eigenvalue weighted by Gasteiger charge is 2.27. The Kier molecular flexibility index (Phi) is 12.0. The van der Waals surface area contributed by atoms with Crippen LogP contribution in [0, 0.1) is 0 Å². The van der Waals surface area contributed by atoms with Gasteiger partial charge in [-0.15, -0.1) is 0 Å². The molecule has 3 rings (SSSR count). The Balaban J connectivity index is 1.76. The molecule has 35 heavy (non-hydrogen) atoms. The minimum absolute atomic E-state index is 0.731. The number of carbonyl (C=O) groups is 1. The van der Waals surface area contributed by atoms with Crippen molar-refractivity contribution in [3.05, 3.63) is 59.4 Å². The molecule has 3 heterocycles. The van der Waals surface area contributed by atoms with E-state index < -0.39 is 0 Å². The van der Waals surface area contributed by atoms with E-state index in [-0.39, 0.29) is 0 Å². The fourth-order valence-corrected chi connectivity index (χ4v) is 5.11. The number of aldehydes is 1. The minimum Gasteiger partial charge on any atom is -0.374 e. The maximum Gasteiger partial charge on any atom is 0.171 e. The molecule has 2 aromatic rings. The van der Waals surface area contributed by atoms with Gasteiger partial charge >= 0.3 is 0 Å². The summed E-state index contributed by atoms with van der Waals surface area (Å²) in [4.78, 5) is 22.2. The second kappa shape index (κ2) is 15.5. The lowest BCUT2D eigenvalue weighted by atomic mass is 9.92. The number of aromatic nitrogens is 2. The first-order valence-electron chi connectivity index (χ1n) is 14.2. The number of unbranched alkanes of at least 4 members (excludes halogenated alkanes) is 12. The van der Waals surface area contributed by atoms with Crippen LogP contribution in [0.15, 0.2) is 48.0 Å². The van der Waals surface area contributed by atoms with E-state index in [0.717, 1.165) is 65.8 Å². The van der Waals surface area contributed by atoms with E-state index in [9.17, 15) is 4.79 Å². The van der Waals surface area contributed by atoms with Crippen molar-refractivity contribution >= 4 is 17.4 Å². The Labute approximate surface area is 212 Å². The van der Waals surface area contributed by atoms with Gasteiger partial charge in [0.2, 0.25) is 0 Å². The van der Waals surface area contributed by atoms with Gasteiger partial charge in [-0.25, -0.2) is 0 Å². The summed E-state index contributed by atoms with van der Waals surface area (Å²) in [6, 6.07) is 8.20. The van der Waals surface area contributed by atoms with E-state index in [0.29, 0.717) is 0 Å². The number of rotatable bonds is 18. The Bertz CT molecular complexity index is 933. The quantitative estimate of drug-likeness (QED) is 0.172. The van der Waals surface area contributed by atoms with Gasteiger partial charge in [-0.3, -0.25) is 4.79 Å². The molecular formula is C31H46N2O2. The summed E-state index contributed by atoms with van der Waals surface area (Å²) >= 11 is 0. The molecule has 0 saturated heterocycles. The van der Waals surface area contributed by atoms with Crippen LogP contribution in [0.1, 0.15) is 128 Å². The van der Waals surface area contributed by atoms with E-state index in [1.165, 1.54) is 77.0 Å². The Morgan fingerprint density at radius 2 is 1.51 bits per heavy atom. The average Bonchev–Trinajstić information content (AvgIpc) is 3.57. The number of allylic oxidation sites excluding steroid dienone is 3. The summed E-state index contributed by atoms with van der Waals surface area (Å²) in [5.41, 5.74) is 5.04. The van der Waals surface area contributed by atoms with Crippen LogP contribution >= 0.6 is 0 Å². The van der Waals surface area contributed by atoms with Gasteiger partial charge < -0.3 is 9.82 Å². The van der Waals surface area contributed by atoms with Crippen LogP contribution in [0.4, 0.5) is 0 Å². The average molecular weight is 479 g/mol. The highest BCUT2D eigenvalue weighted by molar-refractivity contribution is 5.96. The van der Waals surface area contributed by atoms with Crippen molar-refractivity contribution < 1.29 is 9.63 Å². The van der Waals surface area contributed by atoms with Gasteiger partial charge in [0.05, 0.1) is 11.3 Å². The van der Waals surface area contributed by atoms with Crippen molar-refractivity contribution in [2.75, 3.05) is 0 Å². The molecule has 0 saturated carbocycles. The first-order chi connectivity index (χ1) is 17.3. The zero-order chi connectivity index (χ0) is 24.7. The van der Waals surface area contributed by atoms with Gasteiger partial charge in [0.25, 0.3) is 0 Å². The fraction of sp³-hybridized carbons (Fsp3) is 0.581. The number of carbonyl (C=O) groups excluding carboxylic acids is 1. The highest BCUT2D eigenvalue weighted by atomic mass is 16.7. The number of aromatic amines is 1. The fourth-order valence-electron chi connectivity index (χ4n) is 5.11. The summed E-state index contributed by atoms with van der Waals surface area (Å²) in [5, 5.41) is 0. The Morgan fingerprint density at radius 1 is 0.857 bits per heavy atom. The first-order valence-corrected chi connectivity index (χ1v) is 14.2. The lowest BCUT2D eigenvalue weighted by molar-refractivity contribution is -0.105. The van der Waals surface area contributed by atoms with Crippen LogP contribution in [0.25, 0.3) is 11.1 Å². The van der Waals surface area contributed by atoms with Crippen molar-refractivity contribution in [3.8, 4) is 0 Å². The van der Waals surface area contributed by atoms with E-state index in [1.54, 1.807) is 0 Å². The van der Waals surface area contributed by atoms with Gasteiger partial charge in [-0.2, -0.15) is 4.73 Å². The summed E-state index contributed by atoms with van der Waals surface area (Å²) in [6.45, 7) is 4.52. The number of fused-ring (bicyclic) bond motifs is 1. The van der Waals surface area contributed by atoms with Crippen molar-refractivity contribution in [2.45, 2.75) is 117 Å². The maximum atomic E-state index is 12.5. The predicted molar refractivity (Wildman–Crippen MR) is 147 cm³/mol. The van der Waals surface area contributed by atoms with E-state index in [2.05, 4.69) is 31.0 Å². The van der Waals surface area contributed by atoms with Crippen LogP contribution in [-0.4, -0.2) is 16.0 Å². The van der Waals surface area contributed by atoms with Crippen LogP contribution in [0.5, 0.6) is 0 Å². The molecule has 0 spiro atoms.